The molecule has 0 aliphatic carbocycles. The third-order valence-electron chi connectivity index (χ3n) is 2.44. The number of hydrogen-bond acceptors (Lipinski definition) is 6. The van der Waals surface area contributed by atoms with Gasteiger partial charge in [-0.3, -0.25) is 4.68 Å². The van der Waals surface area contributed by atoms with Crippen LogP contribution >= 0.6 is 0 Å². The zero-order chi connectivity index (χ0) is 13.7. The maximum atomic E-state index is 11.4. The van der Waals surface area contributed by atoms with E-state index in [0.29, 0.717) is 19.2 Å². The average molecular weight is 264 g/mol. The molecule has 0 unspecified atom stereocenters. The van der Waals surface area contributed by atoms with E-state index >= 15 is 0 Å². The van der Waals surface area contributed by atoms with Crippen LogP contribution < -0.4 is 5.32 Å². The first-order valence-electron chi connectivity index (χ1n) is 6.03. The molecule has 7 heteroatoms. The summed E-state index contributed by atoms with van der Waals surface area (Å²) in [5.41, 5.74) is 1.29. The molecule has 0 aliphatic rings. The van der Waals surface area contributed by atoms with Gasteiger partial charge in [0.05, 0.1) is 12.8 Å². The van der Waals surface area contributed by atoms with E-state index in [0.717, 1.165) is 12.0 Å². The highest BCUT2D eigenvalue weighted by Gasteiger charge is 2.12. The van der Waals surface area contributed by atoms with Crippen molar-refractivity contribution in [2.45, 2.75) is 13.3 Å². The molecule has 19 heavy (non-hydrogen) atoms. The van der Waals surface area contributed by atoms with Gasteiger partial charge >= 0.3 is 5.97 Å². The first kappa shape index (κ1) is 13.1. The number of ether oxygens (including phenoxy) is 1. The van der Waals surface area contributed by atoms with Crippen molar-refractivity contribution in [1.29, 1.82) is 0 Å². The van der Waals surface area contributed by atoms with E-state index in [2.05, 4.69) is 15.4 Å². The number of aromatic nitrogens is 3. The lowest BCUT2D eigenvalue weighted by atomic mass is 10.2. The van der Waals surface area contributed by atoms with Crippen molar-refractivity contribution in [1.82, 2.24) is 14.8 Å². The Hall–Kier alpha value is -2.31. The predicted molar refractivity (Wildman–Crippen MR) is 67.9 cm³/mol. The van der Waals surface area contributed by atoms with Crippen LogP contribution in [0.15, 0.2) is 23.1 Å². The Morgan fingerprint density at radius 2 is 2.42 bits per heavy atom. The van der Waals surface area contributed by atoms with Crippen LogP contribution in [0.25, 0.3) is 0 Å². The molecule has 2 aromatic heterocycles. The third-order valence-corrected chi connectivity index (χ3v) is 2.44. The Balaban J connectivity index is 1.81. The fourth-order valence-electron chi connectivity index (χ4n) is 1.57. The zero-order valence-electron chi connectivity index (χ0n) is 10.9. The second-order valence-electron chi connectivity index (χ2n) is 3.96. The SMILES string of the molecule is CCOC(=O)c1coc(NCCc2cnn(C)c2)n1. The molecule has 0 aliphatic heterocycles. The smallest absolute Gasteiger partial charge is 0.360 e. The Bertz CT molecular complexity index is 547. The quantitative estimate of drug-likeness (QED) is 0.790. The Kier molecular flexibility index (Phi) is 4.17. The Morgan fingerprint density at radius 1 is 1.58 bits per heavy atom. The van der Waals surface area contributed by atoms with Crippen molar-refractivity contribution in [2.75, 3.05) is 18.5 Å². The normalized spacial score (nSPS) is 10.4. The van der Waals surface area contributed by atoms with Crippen molar-refractivity contribution < 1.29 is 13.9 Å². The second kappa shape index (κ2) is 6.03. The molecule has 1 N–H and O–H groups in total. The summed E-state index contributed by atoms with van der Waals surface area (Å²) in [5.74, 6) is -0.480. The van der Waals surface area contributed by atoms with Crippen molar-refractivity contribution in [3.05, 3.63) is 29.9 Å². The highest BCUT2D eigenvalue weighted by atomic mass is 16.5. The molecule has 2 rings (SSSR count). The number of carbonyl (C=O) groups is 1. The van der Waals surface area contributed by atoms with Gasteiger partial charge in [0, 0.05) is 19.8 Å². The van der Waals surface area contributed by atoms with Gasteiger partial charge in [-0.2, -0.15) is 10.1 Å². The molecule has 2 aromatic rings. The number of anilines is 1. The van der Waals surface area contributed by atoms with Crippen LogP contribution in [0.2, 0.25) is 0 Å². The van der Waals surface area contributed by atoms with E-state index in [4.69, 9.17) is 9.15 Å². The van der Waals surface area contributed by atoms with Crippen molar-refractivity contribution in [3.63, 3.8) is 0 Å². The van der Waals surface area contributed by atoms with Crippen molar-refractivity contribution in [3.8, 4) is 0 Å². The van der Waals surface area contributed by atoms with E-state index in [1.807, 2.05) is 13.2 Å². The molecule has 7 nitrogen and oxygen atoms in total. The molecular formula is C12H16N4O3. The molecule has 0 fully saturated rings. The van der Waals surface area contributed by atoms with E-state index < -0.39 is 5.97 Å². The fourth-order valence-corrected chi connectivity index (χ4v) is 1.57. The summed E-state index contributed by atoms with van der Waals surface area (Å²) < 4.78 is 11.7. The van der Waals surface area contributed by atoms with E-state index in [1.165, 1.54) is 6.26 Å². The van der Waals surface area contributed by atoms with Crippen LogP contribution in [0.3, 0.4) is 0 Å². The summed E-state index contributed by atoms with van der Waals surface area (Å²) in [6, 6.07) is 0.312. The van der Waals surface area contributed by atoms with Crippen LogP contribution in [0.5, 0.6) is 0 Å². The highest BCUT2D eigenvalue weighted by molar-refractivity contribution is 5.87. The summed E-state index contributed by atoms with van der Waals surface area (Å²) in [7, 11) is 1.87. The number of esters is 1. The molecule has 102 valence electrons. The summed E-state index contributed by atoms with van der Waals surface area (Å²) in [5, 5.41) is 7.08. The van der Waals surface area contributed by atoms with Crippen LogP contribution in [0, 0.1) is 0 Å². The minimum absolute atomic E-state index is 0.172. The summed E-state index contributed by atoms with van der Waals surface area (Å²) >= 11 is 0. The van der Waals surface area contributed by atoms with Crippen LogP contribution in [-0.4, -0.2) is 33.9 Å². The standard InChI is InChI=1S/C12H16N4O3/c1-3-18-11(17)10-8-19-12(15-10)13-5-4-9-6-14-16(2)7-9/h6-8H,3-5H2,1-2H3,(H,13,15). The van der Waals surface area contributed by atoms with Crippen LogP contribution in [-0.2, 0) is 18.2 Å². The fraction of sp³-hybridized carbons (Fsp3) is 0.417. The molecule has 0 saturated heterocycles. The number of nitrogens with zero attached hydrogens (tertiary/aromatic N) is 3. The lowest BCUT2D eigenvalue weighted by molar-refractivity contribution is 0.0519. The van der Waals surface area contributed by atoms with Crippen molar-refractivity contribution in [2.24, 2.45) is 7.05 Å². The van der Waals surface area contributed by atoms with E-state index in [-0.39, 0.29) is 5.69 Å². The van der Waals surface area contributed by atoms with E-state index in [9.17, 15) is 4.79 Å². The molecule has 2 heterocycles. The monoisotopic (exact) mass is 264 g/mol. The van der Waals surface area contributed by atoms with Gasteiger partial charge in [0.15, 0.2) is 5.69 Å². The van der Waals surface area contributed by atoms with Crippen LogP contribution in [0.1, 0.15) is 23.0 Å². The van der Waals surface area contributed by atoms with E-state index in [1.54, 1.807) is 17.8 Å². The topological polar surface area (TPSA) is 82.2 Å². The molecule has 0 atom stereocenters. The summed E-state index contributed by atoms with van der Waals surface area (Å²) in [6.45, 7) is 2.70. The minimum Gasteiger partial charge on any atom is -0.461 e. The average Bonchev–Trinajstić information content (AvgIpc) is 2.99. The predicted octanol–water partition coefficient (Wildman–Crippen LogP) is 1.24. The Labute approximate surface area is 110 Å². The molecule has 0 saturated carbocycles. The van der Waals surface area contributed by atoms with Crippen molar-refractivity contribution >= 4 is 12.0 Å². The van der Waals surface area contributed by atoms with Gasteiger partial charge in [-0.05, 0) is 18.9 Å². The molecule has 0 radical (unpaired) electrons. The van der Waals surface area contributed by atoms with Gasteiger partial charge in [0.2, 0.25) is 0 Å². The lowest BCUT2D eigenvalue weighted by Crippen LogP contribution is -2.07. The number of aryl methyl sites for hydroxylation is 1. The number of rotatable bonds is 6. The highest BCUT2D eigenvalue weighted by Crippen LogP contribution is 2.09. The van der Waals surface area contributed by atoms with Gasteiger partial charge < -0.3 is 14.5 Å². The van der Waals surface area contributed by atoms with Gasteiger partial charge in [0.1, 0.15) is 6.26 Å². The second-order valence-corrected chi connectivity index (χ2v) is 3.96. The first-order valence-corrected chi connectivity index (χ1v) is 6.03. The first-order chi connectivity index (χ1) is 9.19. The molecule has 0 aromatic carbocycles. The van der Waals surface area contributed by atoms with Gasteiger partial charge in [-0.15, -0.1) is 0 Å². The molecular weight excluding hydrogens is 248 g/mol. The molecule has 0 amide bonds. The summed E-state index contributed by atoms with van der Waals surface area (Å²) in [6.07, 6.45) is 5.83. The third kappa shape index (κ3) is 3.57. The Morgan fingerprint density at radius 3 is 3.11 bits per heavy atom. The maximum absolute atomic E-state index is 11.4. The van der Waals surface area contributed by atoms with Gasteiger partial charge in [0.25, 0.3) is 6.01 Å². The largest absolute Gasteiger partial charge is 0.461 e. The number of carbonyl (C=O) groups excluding carboxylic acids is 1. The molecule has 0 bridgehead atoms. The number of oxazole rings is 1. The minimum atomic E-state index is -0.480. The van der Waals surface area contributed by atoms with Gasteiger partial charge in [-0.25, -0.2) is 4.79 Å². The van der Waals surface area contributed by atoms with Gasteiger partial charge in [-0.1, -0.05) is 0 Å². The summed E-state index contributed by atoms with van der Waals surface area (Å²) in [4.78, 5) is 15.4. The van der Waals surface area contributed by atoms with Crippen LogP contribution in [0.4, 0.5) is 6.01 Å². The number of hydrogen-bond donors (Lipinski definition) is 1. The number of nitrogens with one attached hydrogen (secondary N) is 1. The maximum Gasteiger partial charge on any atom is 0.360 e. The zero-order valence-corrected chi connectivity index (χ0v) is 10.9. The molecule has 0 spiro atoms. The lowest BCUT2D eigenvalue weighted by Gasteiger charge is -1.99.